The molecule has 6 heteroatoms. The molecule has 4 nitrogen and oxygen atoms in total. The van der Waals surface area contributed by atoms with E-state index in [-0.39, 0.29) is 17.7 Å². The highest BCUT2D eigenvalue weighted by Gasteiger charge is 2.07. The van der Waals surface area contributed by atoms with Crippen LogP contribution in [0, 0.1) is 0 Å². The molecule has 2 rings (SSSR count). The van der Waals surface area contributed by atoms with Crippen LogP contribution in [0.15, 0.2) is 42.6 Å². The van der Waals surface area contributed by atoms with E-state index in [0.717, 1.165) is 11.1 Å². The molecule has 0 amide bonds. The number of phenols is 1. The van der Waals surface area contributed by atoms with E-state index in [1.54, 1.807) is 30.3 Å². The lowest BCUT2D eigenvalue weighted by atomic mass is 10.1. The quantitative estimate of drug-likeness (QED) is 0.824. The summed E-state index contributed by atoms with van der Waals surface area (Å²) in [7, 11) is 0. The number of aromatic nitrogens is 1. The number of ether oxygens (including phenoxy) is 1. The molecule has 1 heterocycles. The average Bonchev–Trinajstić information content (AvgIpc) is 2.51. The number of pyridine rings is 1. The third kappa shape index (κ3) is 4.96. The summed E-state index contributed by atoms with van der Waals surface area (Å²) in [5, 5.41) is 12.8. The van der Waals surface area contributed by atoms with Gasteiger partial charge in [0.25, 0.3) is 6.43 Å². The summed E-state index contributed by atoms with van der Waals surface area (Å²) < 4.78 is 29.1. The molecule has 0 aliphatic carbocycles. The Bertz CT molecular complexity index is 608. The topological polar surface area (TPSA) is 54.4 Å². The molecule has 0 fully saturated rings. The molecule has 118 valence electrons. The summed E-state index contributed by atoms with van der Waals surface area (Å²) in [5.41, 5.74) is 1.84. The van der Waals surface area contributed by atoms with Gasteiger partial charge >= 0.3 is 0 Å². The SMILES string of the molecule is C[C@@H](NCc1ccnc(OCC(F)F)c1)c1cccc(O)c1. The Kier molecular flexibility index (Phi) is 5.66. The largest absolute Gasteiger partial charge is 0.508 e. The molecule has 0 saturated carbocycles. The average molecular weight is 308 g/mol. The second-order valence-electron chi connectivity index (χ2n) is 4.90. The van der Waals surface area contributed by atoms with Gasteiger partial charge in [0.1, 0.15) is 5.75 Å². The van der Waals surface area contributed by atoms with Gasteiger partial charge in [0.2, 0.25) is 5.88 Å². The molecule has 0 unspecified atom stereocenters. The van der Waals surface area contributed by atoms with Crippen LogP contribution >= 0.6 is 0 Å². The second kappa shape index (κ2) is 7.70. The first-order chi connectivity index (χ1) is 10.5. The Morgan fingerprint density at radius 3 is 2.82 bits per heavy atom. The molecule has 2 N–H and O–H groups in total. The molecule has 0 radical (unpaired) electrons. The maximum Gasteiger partial charge on any atom is 0.272 e. The molecule has 0 spiro atoms. The monoisotopic (exact) mass is 308 g/mol. The molecule has 1 atom stereocenters. The van der Waals surface area contributed by atoms with Gasteiger partial charge in [0.05, 0.1) is 0 Å². The molecule has 1 aromatic heterocycles. The second-order valence-corrected chi connectivity index (χ2v) is 4.90. The molecule has 2 aromatic rings. The minimum Gasteiger partial charge on any atom is -0.508 e. The van der Waals surface area contributed by atoms with Crippen molar-refractivity contribution in [1.29, 1.82) is 0 Å². The third-order valence-corrected chi connectivity index (χ3v) is 3.14. The normalized spacial score (nSPS) is 12.4. The fourth-order valence-electron chi connectivity index (χ4n) is 1.97. The third-order valence-electron chi connectivity index (χ3n) is 3.14. The van der Waals surface area contributed by atoms with E-state index in [1.807, 2.05) is 13.0 Å². The molecule has 0 bridgehead atoms. The number of rotatable bonds is 7. The van der Waals surface area contributed by atoms with Crippen LogP contribution in [-0.4, -0.2) is 23.1 Å². The number of hydrogen-bond acceptors (Lipinski definition) is 4. The first-order valence-corrected chi connectivity index (χ1v) is 6.93. The van der Waals surface area contributed by atoms with E-state index >= 15 is 0 Å². The zero-order chi connectivity index (χ0) is 15.9. The van der Waals surface area contributed by atoms with E-state index < -0.39 is 13.0 Å². The number of hydrogen-bond donors (Lipinski definition) is 2. The van der Waals surface area contributed by atoms with Gasteiger partial charge in [0.15, 0.2) is 6.61 Å². The zero-order valence-corrected chi connectivity index (χ0v) is 12.2. The van der Waals surface area contributed by atoms with Gasteiger partial charge in [-0.3, -0.25) is 0 Å². The molecule has 0 aliphatic heterocycles. The van der Waals surface area contributed by atoms with E-state index in [4.69, 9.17) is 4.74 Å². The number of halogens is 2. The minimum absolute atomic E-state index is 0.0331. The summed E-state index contributed by atoms with van der Waals surface area (Å²) in [4.78, 5) is 3.89. The van der Waals surface area contributed by atoms with Gasteiger partial charge in [-0.05, 0) is 36.2 Å². The Hall–Kier alpha value is -2.21. The van der Waals surface area contributed by atoms with Crippen molar-refractivity contribution in [3.63, 3.8) is 0 Å². The highest BCUT2D eigenvalue weighted by Crippen LogP contribution is 2.18. The fourth-order valence-corrected chi connectivity index (χ4v) is 1.97. The van der Waals surface area contributed by atoms with E-state index in [1.165, 1.54) is 6.20 Å². The van der Waals surface area contributed by atoms with Crippen LogP contribution in [0.2, 0.25) is 0 Å². The maximum atomic E-state index is 12.1. The van der Waals surface area contributed by atoms with E-state index in [2.05, 4.69) is 10.3 Å². The lowest BCUT2D eigenvalue weighted by molar-refractivity contribution is 0.0795. The Morgan fingerprint density at radius 2 is 2.09 bits per heavy atom. The lowest BCUT2D eigenvalue weighted by Crippen LogP contribution is -2.18. The van der Waals surface area contributed by atoms with Crippen molar-refractivity contribution in [2.24, 2.45) is 0 Å². The fraction of sp³-hybridized carbons (Fsp3) is 0.312. The number of nitrogens with zero attached hydrogens (tertiary/aromatic N) is 1. The molecular formula is C16H18F2N2O2. The van der Waals surface area contributed by atoms with Crippen LogP contribution in [0.1, 0.15) is 24.1 Å². The molecule has 22 heavy (non-hydrogen) atoms. The van der Waals surface area contributed by atoms with Crippen LogP contribution < -0.4 is 10.1 Å². The highest BCUT2D eigenvalue weighted by atomic mass is 19.3. The lowest BCUT2D eigenvalue weighted by Gasteiger charge is -2.15. The van der Waals surface area contributed by atoms with Crippen molar-refractivity contribution >= 4 is 0 Å². The predicted octanol–water partition coefficient (Wildman–Crippen LogP) is 3.28. The number of nitrogens with one attached hydrogen (secondary N) is 1. The summed E-state index contributed by atoms with van der Waals surface area (Å²) in [6.45, 7) is 1.85. The van der Waals surface area contributed by atoms with Crippen molar-refractivity contribution in [1.82, 2.24) is 10.3 Å². The summed E-state index contributed by atoms with van der Waals surface area (Å²) >= 11 is 0. The predicted molar refractivity (Wildman–Crippen MR) is 79.1 cm³/mol. The standard InChI is InChI=1S/C16H18F2N2O2/c1-11(13-3-2-4-14(21)8-13)20-9-12-5-6-19-16(7-12)22-10-15(17)18/h2-8,11,15,20-21H,9-10H2,1H3/t11-/m1/s1. The minimum atomic E-state index is -2.52. The Morgan fingerprint density at radius 1 is 1.27 bits per heavy atom. The van der Waals surface area contributed by atoms with Gasteiger partial charge in [-0.25, -0.2) is 13.8 Å². The van der Waals surface area contributed by atoms with Crippen LogP contribution in [0.4, 0.5) is 8.78 Å². The first-order valence-electron chi connectivity index (χ1n) is 6.93. The van der Waals surface area contributed by atoms with Crippen LogP contribution in [0.3, 0.4) is 0 Å². The van der Waals surface area contributed by atoms with Crippen molar-refractivity contribution < 1.29 is 18.6 Å². The molecule has 0 saturated heterocycles. The highest BCUT2D eigenvalue weighted by molar-refractivity contribution is 5.29. The summed E-state index contributed by atoms with van der Waals surface area (Å²) in [5.74, 6) is 0.405. The Balaban J connectivity index is 1.92. The van der Waals surface area contributed by atoms with Gasteiger partial charge < -0.3 is 15.2 Å². The summed E-state index contributed by atoms with van der Waals surface area (Å²) in [6, 6.07) is 10.5. The Labute approximate surface area is 127 Å². The number of phenolic OH excluding ortho intramolecular Hbond substituents is 1. The van der Waals surface area contributed by atoms with E-state index in [9.17, 15) is 13.9 Å². The van der Waals surface area contributed by atoms with Crippen molar-refractivity contribution in [2.75, 3.05) is 6.61 Å². The number of benzene rings is 1. The van der Waals surface area contributed by atoms with Gasteiger partial charge in [-0.1, -0.05) is 12.1 Å². The van der Waals surface area contributed by atoms with Crippen LogP contribution in [0.25, 0.3) is 0 Å². The van der Waals surface area contributed by atoms with Gasteiger partial charge in [-0.2, -0.15) is 0 Å². The van der Waals surface area contributed by atoms with Crippen LogP contribution in [0.5, 0.6) is 11.6 Å². The van der Waals surface area contributed by atoms with Crippen LogP contribution in [-0.2, 0) is 6.54 Å². The van der Waals surface area contributed by atoms with Crippen molar-refractivity contribution in [3.05, 3.63) is 53.7 Å². The number of alkyl halides is 2. The molecular weight excluding hydrogens is 290 g/mol. The summed E-state index contributed by atoms with van der Waals surface area (Å²) in [6.07, 6.45) is -0.994. The number of aromatic hydroxyl groups is 1. The zero-order valence-electron chi connectivity index (χ0n) is 12.2. The molecule has 1 aromatic carbocycles. The van der Waals surface area contributed by atoms with Gasteiger partial charge in [-0.15, -0.1) is 0 Å². The van der Waals surface area contributed by atoms with E-state index in [0.29, 0.717) is 6.54 Å². The van der Waals surface area contributed by atoms with Crippen molar-refractivity contribution in [2.45, 2.75) is 25.9 Å². The first kappa shape index (κ1) is 16.2. The van der Waals surface area contributed by atoms with Crippen molar-refractivity contribution in [3.8, 4) is 11.6 Å². The smallest absolute Gasteiger partial charge is 0.272 e. The van der Waals surface area contributed by atoms with Gasteiger partial charge in [0, 0.05) is 24.8 Å². The molecule has 0 aliphatic rings. The maximum absolute atomic E-state index is 12.1.